The number of carboxylic acid groups (broad SMARTS) is 1. The molecule has 5 atom stereocenters. The maximum Gasteiger partial charge on any atom is 0.326 e. The second kappa shape index (κ2) is 13.9. The van der Waals surface area contributed by atoms with Crippen LogP contribution in [-0.2, 0) is 25.6 Å². The zero-order valence-electron chi connectivity index (χ0n) is 21.2. The molecule has 3 amide bonds. The zero-order valence-corrected chi connectivity index (χ0v) is 22.0. The normalized spacial score (nSPS) is 15.4. The summed E-state index contributed by atoms with van der Waals surface area (Å²) < 4.78 is 0. The lowest BCUT2D eigenvalue weighted by atomic mass is 9.97. The summed E-state index contributed by atoms with van der Waals surface area (Å²) in [6.45, 7) is 5.17. The molecule has 198 valence electrons. The van der Waals surface area contributed by atoms with Crippen LogP contribution in [0.2, 0.25) is 0 Å². The van der Waals surface area contributed by atoms with E-state index < -0.39 is 47.9 Å². The Morgan fingerprint density at radius 1 is 1.06 bits per heavy atom. The number of H-pyrrole nitrogens is 1. The summed E-state index contributed by atoms with van der Waals surface area (Å²) in [5, 5.41) is 18.5. The molecule has 0 aliphatic rings. The van der Waals surface area contributed by atoms with Gasteiger partial charge >= 0.3 is 5.97 Å². The number of hydrogen-bond acceptors (Lipinski definition) is 6. The third kappa shape index (κ3) is 7.99. The maximum atomic E-state index is 13.2. The number of aromatic nitrogens is 1. The van der Waals surface area contributed by atoms with E-state index in [9.17, 15) is 24.3 Å². The maximum absolute atomic E-state index is 13.2. The number of hydrogen-bond donors (Lipinski definition) is 6. The van der Waals surface area contributed by atoms with Gasteiger partial charge in [-0.15, -0.1) is 0 Å². The van der Waals surface area contributed by atoms with E-state index in [1.54, 1.807) is 24.9 Å². The highest BCUT2D eigenvalue weighted by Gasteiger charge is 2.32. The predicted molar refractivity (Wildman–Crippen MR) is 142 cm³/mol. The number of amides is 3. The Morgan fingerprint density at radius 3 is 2.39 bits per heavy atom. The number of fused-ring (bicyclic) bond motifs is 1. The first-order valence-electron chi connectivity index (χ1n) is 12.0. The number of nitrogens with two attached hydrogens (primary N) is 1. The number of thioether (sulfide) groups is 1. The molecule has 0 radical (unpaired) electrons. The van der Waals surface area contributed by atoms with Crippen molar-refractivity contribution in [3.05, 3.63) is 36.0 Å². The van der Waals surface area contributed by atoms with Crippen LogP contribution in [0.15, 0.2) is 30.5 Å². The Balaban J connectivity index is 2.08. The highest BCUT2D eigenvalue weighted by Crippen LogP contribution is 2.19. The quantitative estimate of drug-likeness (QED) is 0.219. The van der Waals surface area contributed by atoms with Gasteiger partial charge in [0, 0.05) is 23.5 Å². The third-order valence-electron chi connectivity index (χ3n) is 6.23. The minimum Gasteiger partial charge on any atom is -0.480 e. The molecule has 10 nitrogen and oxygen atoms in total. The number of nitrogens with one attached hydrogen (secondary N) is 4. The molecule has 11 heteroatoms. The molecule has 0 saturated carbocycles. The van der Waals surface area contributed by atoms with Crippen LogP contribution in [0.5, 0.6) is 0 Å². The van der Waals surface area contributed by atoms with Gasteiger partial charge in [0.15, 0.2) is 0 Å². The lowest BCUT2D eigenvalue weighted by molar-refractivity contribution is -0.142. The van der Waals surface area contributed by atoms with Crippen LogP contribution >= 0.6 is 11.8 Å². The number of carbonyl (C=O) groups excluding carboxylic acids is 3. The topological polar surface area (TPSA) is 166 Å². The van der Waals surface area contributed by atoms with Crippen LogP contribution in [0.4, 0.5) is 0 Å². The van der Waals surface area contributed by atoms with Gasteiger partial charge in [-0.1, -0.05) is 38.5 Å². The Kier molecular flexibility index (Phi) is 11.3. The molecule has 0 fully saturated rings. The average Bonchev–Trinajstić information content (AvgIpc) is 3.27. The van der Waals surface area contributed by atoms with Crippen molar-refractivity contribution in [3.8, 4) is 0 Å². The standard InChI is InChI=1S/C25H37N5O5S/c1-5-14(2)21(30-22(31)15(3)28-23(32)18(26)10-11-36-4)24(33)29-20(25(34)35)12-16-13-27-19-9-7-6-8-17(16)19/h6-9,13-15,18,20-21,27H,5,10-12,26H2,1-4H3,(H,28,32)(H,29,33)(H,30,31)(H,34,35). The smallest absolute Gasteiger partial charge is 0.326 e. The lowest BCUT2D eigenvalue weighted by Crippen LogP contribution is -2.58. The molecular weight excluding hydrogens is 482 g/mol. The van der Waals surface area contributed by atoms with E-state index in [1.165, 1.54) is 6.92 Å². The summed E-state index contributed by atoms with van der Waals surface area (Å²) in [5.74, 6) is -2.33. The van der Waals surface area contributed by atoms with Gasteiger partial charge < -0.3 is 31.8 Å². The summed E-state index contributed by atoms with van der Waals surface area (Å²) in [6.07, 6.45) is 4.77. The molecule has 1 heterocycles. The Bertz CT molecular complexity index is 1060. The van der Waals surface area contributed by atoms with Crippen molar-refractivity contribution in [1.29, 1.82) is 0 Å². The summed E-state index contributed by atoms with van der Waals surface area (Å²) in [6, 6.07) is 3.69. The fourth-order valence-electron chi connectivity index (χ4n) is 3.72. The van der Waals surface area contributed by atoms with Crippen molar-refractivity contribution >= 4 is 46.4 Å². The SMILES string of the molecule is CCC(C)C(NC(=O)C(C)NC(=O)C(N)CCSC)C(=O)NC(Cc1c[nH]c2ccccc12)C(=O)O. The van der Waals surface area contributed by atoms with Gasteiger partial charge in [0.05, 0.1) is 6.04 Å². The van der Waals surface area contributed by atoms with Crippen LogP contribution in [-0.4, -0.2) is 70.0 Å². The van der Waals surface area contributed by atoms with Crippen LogP contribution < -0.4 is 21.7 Å². The summed E-state index contributed by atoms with van der Waals surface area (Å²) >= 11 is 1.57. The van der Waals surface area contributed by atoms with E-state index in [4.69, 9.17) is 5.73 Å². The molecule has 2 rings (SSSR count). The summed E-state index contributed by atoms with van der Waals surface area (Å²) in [5.41, 5.74) is 7.50. The molecule has 0 saturated heterocycles. The van der Waals surface area contributed by atoms with Gasteiger partial charge in [0.1, 0.15) is 18.1 Å². The van der Waals surface area contributed by atoms with Gasteiger partial charge in [0.2, 0.25) is 17.7 Å². The number of para-hydroxylation sites is 1. The van der Waals surface area contributed by atoms with E-state index in [1.807, 2.05) is 37.4 Å². The molecular formula is C25H37N5O5S. The van der Waals surface area contributed by atoms with Gasteiger partial charge in [-0.25, -0.2) is 4.79 Å². The minimum atomic E-state index is -1.19. The molecule has 0 spiro atoms. The molecule has 0 bridgehead atoms. The number of rotatable bonds is 14. The first kappa shape index (κ1) is 29.2. The number of carboxylic acids is 1. The van der Waals surface area contributed by atoms with E-state index >= 15 is 0 Å². The number of aromatic amines is 1. The van der Waals surface area contributed by atoms with Gasteiger partial charge in [0.25, 0.3) is 0 Å². The minimum absolute atomic E-state index is 0.0760. The summed E-state index contributed by atoms with van der Waals surface area (Å²) in [7, 11) is 0. The van der Waals surface area contributed by atoms with E-state index in [2.05, 4.69) is 20.9 Å². The van der Waals surface area contributed by atoms with Crippen LogP contribution in [0.25, 0.3) is 10.9 Å². The first-order chi connectivity index (χ1) is 17.1. The van der Waals surface area contributed by atoms with Crippen molar-refractivity contribution < 1.29 is 24.3 Å². The molecule has 36 heavy (non-hydrogen) atoms. The van der Waals surface area contributed by atoms with Gasteiger partial charge in [-0.2, -0.15) is 11.8 Å². The second-order valence-corrected chi connectivity index (χ2v) is 9.94. The van der Waals surface area contributed by atoms with Crippen molar-refractivity contribution in [2.24, 2.45) is 11.7 Å². The average molecular weight is 520 g/mol. The molecule has 0 aliphatic heterocycles. The Hall–Kier alpha value is -3.05. The molecule has 7 N–H and O–H groups in total. The fraction of sp³-hybridized carbons (Fsp3) is 0.520. The molecule has 0 aliphatic carbocycles. The molecule has 5 unspecified atom stereocenters. The largest absolute Gasteiger partial charge is 0.480 e. The highest BCUT2D eigenvalue weighted by atomic mass is 32.2. The van der Waals surface area contributed by atoms with Crippen molar-refractivity contribution in [2.75, 3.05) is 12.0 Å². The van der Waals surface area contributed by atoms with Crippen molar-refractivity contribution in [3.63, 3.8) is 0 Å². The number of carbonyl (C=O) groups is 4. The fourth-order valence-corrected chi connectivity index (χ4v) is 4.21. The van der Waals surface area contributed by atoms with E-state index in [0.29, 0.717) is 18.6 Å². The van der Waals surface area contributed by atoms with Crippen LogP contribution in [0.1, 0.15) is 39.2 Å². The molecule has 2 aromatic rings. The van der Waals surface area contributed by atoms with Crippen LogP contribution in [0, 0.1) is 5.92 Å². The van der Waals surface area contributed by atoms with Gasteiger partial charge in [-0.05, 0) is 42.9 Å². The monoisotopic (exact) mass is 519 g/mol. The Labute approximate surface area is 215 Å². The lowest BCUT2D eigenvalue weighted by Gasteiger charge is -2.27. The van der Waals surface area contributed by atoms with Gasteiger partial charge in [-0.3, -0.25) is 14.4 Å². The zero-order chi connectivity index (χ0) is 26.8. The predicted octanol–water partition coefficient (Wildman–Crippen LogP) is 1.40. The van der Waals surface area contributed by atoms with E-state index in [0.717, 1.165) is 16.5 Å². The molecule has 1 aromatic carbocycles. The summed E-state index contributed by atoms with van der Waals surface area (Å²) in [4.78, 5) is 53.3. The third-order valence-corrected chi connectivity index (χ3v) is 6.87. The van der Waals surface area contributed by atoms with Crippen LogP contribution in [0.3, 0.4) is 0 Å². The Morgan fingerprint density at radius 2 is 1.75 bits per heavy atom. The van der Waals surface area contributed by atoms with Crippen molar-refractivity contribution in [2.45, 2.75) is 64.2 Å². The number of benzene rings is 1. The second-order valence-electron chi connectivity index (χ2n) is 8.95. The first-order valence-corrected chi connectivity index (χ1v) is 13.4. The van der Waals surface area contributed by atoms with Crippen molar-refractivity contribution in [1.82, 2.24) is 20.9 Å². The highest BCUT2D eigenvalue weighted by molar-refractivity contribution is 7.98. The number of aliphatic carboxylic acids is 1. The van der Waals surface area contributed by atoms with E-state index in [-0.39, 0.29) is 12.3 Å². The molecule has 1 aromatic heterocycles.